The average molecular weight is 365 g/mol. The van der Waals surface area contributed by atoms with Gasteiger partial charge >= 0.3 is 0 Å². The Balaban J connectivity index is 2.81. The first-order valence-electron chi connectivity index (χ1n) is 9.05. The number of hydrogen-bond donors (Lipinski definition) is 3. The molecule has 2 atom stereocenters. The number of amides is 2. The summed E-state index contributed by atoms with van der Waals surface area (Å²) in [5, 5.41) is 19.2. The summed E-state index contributed by atoms with van der Waals surface area (Å²) in [5.74, 6) is -0.0529. The Bertz CT molecular complexity index is 643. The molecular formula is C19H31N3O4. The normalized spacial score (nSPS) is 14.7. The molecule has 7 heteroatoms. The van der Waals surface area contributed by atoms with E-state index in [1.165, 1.54) is 0 Å². The van der Waals surface area contributed by atoms with Gasteiger partial charge in [-0.1, -0.05) is 52.3 Å². The standard InChI is InChI=1S/C19H31N3O4/c1-7-10-13(20-18(25)16(23)19(4,5)6)17(24)21-15-11-14(26-22-15)12(8-2)9-3/h8,11,13,16,23H,7,9-10H2,1-6H3,(H,20,25)(H,21,22,24)/b12-8+. The van der Waals surface area contributed by atoms with Crippen molar-refractivity contribution in [2.75, 3.05) is 5.32 Å². The summed E-state index contributed by atoms with van der Waals surface area (Å²) >= 11 is 0. The summed E-state index contributed by atoms with van der Waals surface area (Å²) < 4.78 is 5.25. The van der Waals surface area contributed by atoms with E-state index in [-0.39, 0.29) is 5.91 Å². The van der Waals surface area contributed by atoms with E-state index in [9.17, 15) is 14.7 Å². The van der Waals surface area contributed by atoms with Crippen LogP contribution in [0.4, 0.5) is 5.82 Å². The molecule has 1 aromatic rings. The molecule has 1 aromatic heterocycles. The van der Waals surface area contributed by atoms with E-state index in [4.69, 9.17) is 4.52 Å². The summed E-state index contributed by atoms with van der Waals surface area (Å²) in [6.07, 6.45) is 2.68. The molecule has 2 unspecified atom stereocenters. The molecule has 2 amide bonds. The quantitative estimate of drug-likeness (QED) is 0.656. The Labute approximate surface area is 155 Å². The van der Waals surface area contributed by atoms with Crippen molar-refractivity contribution >= 4 is 23.2 Å². The maximum absolute atomic E-state index is 12.5. The average Bonchev–Trinajstić information content (AvgIpc) is 3.02. The van der Waals surface area contributed by atoms with Gasteiger partial charge in [-0.25, -0.2) is 0 Å². The van der Waals surface area contributed by atoms with E-state index in [0.29, 0.717) is 24.4 Å². The van der Waals surface area contributed by atoms with Crippen LogP contribution in [0, 0.1) is 5.41 Å². The molecule has 0 radical (unpaired) electrons. The number of anilines is 1. The van der Waals surface area contributed by atoms with E-state index in [1.54, 1.807) is 26.8 Å². The second-order valence-corrected chi connectivity index (χ2v) is 7.35. The molecule has 0 fully saturated rings. The van der Waals surface area contributed by atoms with Gasteiger partial charge in [0.15, 0.2) is 11.6 Å². The molecular weight excluding hydrogens is 334 g/mol. The highest BCUT2D eigenvalue weighted by molar-refractivity contribution is 5.97. The highest BCUT2D eigenvalue weighted by Crippen LogP contribution is 2.21. The van der Waals surface area contributed by atoms with Gasteiger partial charge in [-0.3, -0.25) is 9.59 Å². The predicted octanol–water partition coefficient (Wildman–Crippen LogP) is 3.12. The van der Waals surface area contributed by atoms with Crippen LogP contribution in [0.1, 0.15) is 66.6 Å². The Morgan fingerprint density at radius 1 is 1.31 bits per heavy atom. The molecule has 146 valence electrons. The van der Waals surface area contributed by atoms with Crippen LogP contribution in [0.3, 0.4) is 0 Å². The molecule has 7 nitrogen and oxygen atoms in total. The van der Waals surface area contributed by atoms with Crippen LogP contribution in [0.2, 0.25) is 0 Å². The SMILES string of the molecule is C/C=C(\CC)c1cc(NC(=O)C(CCC)NC(=O)C(O)C(C)(C)C)no1. The Kier molecular flexibility index (Phi) is 8.02. The maximum Gasteiger partial charge on any atom is 0.250 e. The van der Waals surface area contributed by atoms with Crippen LogP contribution >= 0.6 is 0 Å². The number of allylic oxidation sites excluding steroid dienone is 2. The largest absolute Gasteiger partial charge is 0.383 e. The van der Waals surface area contributed by atoms with Gasteiger partial charge in [0.25, 0.3) is 0 Å². The first kappa shape index (κ1) is 21.9. The highest BCUT2D eigenvalue weighted by Gasteiger charge is 2.31. The van der Waals surface area contributed by atoms with Crippen LogP contribution < -0.4 is 10.6 Å². The first-order valence-corrected chi connectivity index (χ1v) is 9.05. The molecule has 0 bridgehead atoms. The zero-order chi connectivity index (χ0) is 19.9. The zero-order valence-electron chi connectivity index (χ0n) is 16.5. The minimum Gasteiger partial charge on any atom is -0.383 e. The van der Waals surface area contributed by atoms with E-state index in [0.717, 1.165) is 12.0 Å². The molecule has 1 heterocycles. The summed E-state index contributed by atoms with van der Waals surface area (Å²) in [6, 6.07) is 0.906. The van der Waals surface area contributed by atoms with Crippen molar-refractivity contribution in [3.05, 3.63) is 17.9 Å². The maximum atomic E-state index is 12.5. The second-order valence-electron chi connectivity index (χ2n) is 7.35. The number of aliphatic hydroxyl groups is 1. The lowest BCUT2D eigenvalue weighted by atomic mass is 9.88. The van der Waals surface area contributed by atoms with Gasteiger partial charge in [-0.05, 0) is 30.8 Å². The molecule has 0 aliphatic carbocycles. The fourth-order valence-electron chi connectivity index (χ4n) is 2.42. The van der Waals surface area contributed by atoms with E-state index in [1.807, 2.05) is 26.8 Å². The number of rotatable bonds is 8. The van der Waals surface area contributed by atoms with Crippen molar-refractivity contribution in [2.45, 2.75) is 73.0 Å². The van der Waals surface area contributed by atoms with E-state index >= 15 is 0 Å². The van der Waals surface area contributed by atoms with Gasteiger partial charge < -0.3 is 20.3 Å². The molecule has 0 aromatic carbocycles. The van der Waals surface area contributed by atoms with Gasteiger partial charge in [0.2, 0.25) is 11.8 Å². The third-order valence-corrected chi connectivity index (χ3v) is 4.09. The molecule has 0 saturated heterocycles. The van der Waals surface area contributed by atoms with Gasteiger partial charge in [0.05, 0.1) is 0 Å². The Morgan fingerprint density at radius 2 is 1.96 bits per heavy atom. The zero-order valence-corrected chi connectivity index (χ0v) is 16.5. The van der Waals surface area contributed by atoms with Gasteiger partial charge in [0, 0.05) is 6.07 Å². The number of nitrogens with one attached hydrogen (secondary N) is 2. The lowest BCUT2D eigenvalue weighted by Crippen LogP contribution is -2.50. The van der Waals surface area contributed by atoms with Crippen molar-refractivity contribution in [1.29, 1.82) is 0 Å². The third-order valence-electron chi connectivity index (χ3n) is 4.09. The summed E-state index contributed by atoms with van der Waals surface area (Å²) in [5.41, 5.74) is 0.381. The van der Waals surface area contributed by atoms with E-state index < -0.39 is 23.5 Å². The molecule has 0 aliphatic heterocycles. The minimum absolute atomic E-state index is 0.296. The number of aromatic nitrogens is 1. The van der Waals surface area contributed by atoms with Crippen molar-refractivity contribution in [3.63, 3.8) is 0 Å². The summed E-state index contributed by atoms with van der Waals surface area (Å²) in [4.78, 5) is 24.7. The number of carbonyl (C=O) groups is 2. The fraction of sp³-hybridized carbons (Fsp3) is 0.632. The minimum atomic E-state index is -1.20. The third kappa shape index (κ3) is 5.98. The fourth-order valence-corrected chi connectivity index (χ4v) is 2.42. The van der Waals surface area contributed by atoms with Crippen molar-refractivity contribution < 1.29 is 19.2 Å². The van der Waals surface area contributed by atoms with Crippen LogP contribution in [0.15, 0.2) is 16.7 Å². The van der Waals surface area contributed by atoms with Crippen LogP contribution in [0.25, 0.3) is 5.57 Å². The second kappa shape index (κ2) is 9.52. The highest BCUT2D eigenvalue weighted by atomic mass is 16.5. The van der Waals surface area contributed by atoms with Gasteiger partial charge in [-0.15, -0.1) is 0 Å². The van der Waals surface area contributed by atoms with Crippen LogP contribution in [-0.4, -0.2) is 34.2 Å². The lowest BCUT2D eigenvalue weighted by Gasteiger charge is -2.26. The molecule has 0 saturated carbocycles. The predicted molar refractivity (Wildman–Crippen MR) is 101 cm³/mol. The van der Waals surface area contributed by atoms with Gasteiger partial charge in [-0.2, -0.15) is 0 Å². The topological polar surface area (TPSA) is 104 Å². The molecule has 0 spiro atoms. The number of carbonyl (C=O) groups excluding carboxylic acids is 2. The van der Waals surface area contributed by atoms with Crippen LogP contribution in [0.5, 0.6) is 0 Å². The summed E-state index contributed by atoms with van der Waals surface area (Å²) in [6.45, 7) is 11.1. The Morgan fingerprint density at radius 3 is 2.46 bits per heavy atom. The van der Waals surface area contributed by atoms with Crippen LogP contribution in [-0.2, 0) is 9.59 Å². The molecule has 26 heavy (non-hydrogen) atoms. The number of hydrogen-bond acceptors (Lipinski definition) is 5. The molecule has 3 N–H and O–H groups in total. The van der Waals surface area contributed by atoms with Crippen molar-refractivity contribution in [1.82, 2.24) is 10.5 Å². The first-order chi connectivity index (χ1) is 12.1. The van der Waals surface area contributed by atoms with E-state index in [2.05, 4.69) is 15.8 Å². The van der Waals surface area contributed by atoms with Crippen molar-refractivity contribution in [2.24, 2.45) is 5.41 Å². The lowest BCUT2D eigenvalue weighted by molar-refractivity contribution is -0.137. The monoisotopic (exact) mass is 365 g/mol. The molecule has 1 rings (SSSR count). The number of nitrogens with zero attached hydrogens (tertiary/aromatic N) is 1. The van der Waals surface area contributed by atoms with Gasteiger partial charge in [0.1, 0.15) is 12.1 Å². The number of aliphatic hydroxyl groups excluding tert-OH is 1. The summed E-state index contributed by atoms with van der Waals surface area (Å²) in [7, 11) is 0. The Hall–Kier alpha value is -2.15. The van der Waals surface area contributed by atoms with Crippen molar-refractivity contribution in [3.8, 4) is 0 Å². The molecule has 0 aliphatic rings. The smallest absolute Gasteiger partial charge is 0.250 e.